The normalized spacial score (nSPS) is 11.6. The van der Waals surface area contributed by atoms with Crippen LogP contribution in [0.3, 0.4) is 0 Å². The van der Waals surface area contributed by atoms with E-state index < -0.39 is 18.0 Å². The molecule has 0 aliphatic heterocycles. The number of rotatable bonds is 3. The van der Waals surface area contributed by atoms with Gasteiger partial charge in [-0.3, -0.25) is 9.30 Å². The fourth-order valence-electron chi connectivity index (χ4n) is 2.71. The van der Waals surface area contributed by atoms with Gasteiger partial charge in [0.1, 0.15) is 11.3 Å². The molecule has 0 aliphatic rings. The lowest BCUT2D eigenvalue weighted by molar-refractivity contribution is -0.141. The Morgan fingerprint density at radius 3 is 2.69 bits per heavy atom. The van der Waals surface area contributed by atoms with Gasteiger partial charge in [0.2, 0.25) is 0 Å². The minimum Gasteiger partial charge on any atom is -0.452 e. The summed E-state index contributed by atoms with van der Waals surface area (Å²) in [4.78, 5) is 17.3. The number of alkyl halides is 3. The van der Waals surface area contributed by atoms with E-state index in [4.69, 9.17) is 4.74 Å². The number of hydrogen-bond donors (Lipinski definition) is 0. The number of imidazole rings is 1. The monoisotopic (exact) mass is 363 g/mol. The van der Waals surface area contributed by atoms with Gasteiger partial charge in [-0.05, 0) is 18.6 Å². The number of carbonyl (C=O) groups is 1. The predicted molar refractivity (Wildman–Crippen MR) is 90.0 cm³/mol. The van der Waals surface area contributed by atoms with Crippen LogP contribution in [0.4, 0.5) is 23.7 Å². The summed E-state index contributed by atoms with van der Waals surface area (Å²) in [6, 6.07) is 10.4. The van der Waals surface area contributed by atoms with Gasteiger partial charge < -0.3 is 4.74 Å². The van der Waals surface area contributed by atoms with Crippen LogP contribution in [0, 0.1) is 6.92 Å². The van der Waals surface area contributed by atoms with Crippen molar-refractivity contribution in [1.29, 1.82) is 0 Å². The Bertz CT molecular complexity index is 950. The number of benzene rings is 1. The van der Waals surface area contributed by atoms with Crippen molar-refractivity contribution in [2.45, 2.75) is 19.6 Å². The van der Waals surface area contributed by atoms with Crippen molar-refractivity contribution in [2.24, 2.45) is 0 Å². The van der Waals surface area contributed by atoms with E-state index in [0.29, 0.717) is 5.69 Å². The number of methoxy groups -OCH3 is 1. The van der Waals surface area contributed by atoms with Crippen molar-refractivity contribution in [1.82, 2.24) is 9.38 Å². The van der Waals surface area contributed by atoms with Crippen LogP contribution >= 0.6 is 0 Å². The molecule has 0 fully saturated rings. The maximum absolute atomic E-state index is 13.0. The zero-order valence-electron chi connectivity index (χ0n) is 14.1. The van der Waals surface area contributed by atoms with Crippen molar-refractivity contribution in [3.05, 3.63) is 65.6 Å². The molecule has 8 heteroatoms. The van der Waals surface area contributed by atoms with Crippen LogP contribution in [0.15, 0.2) is 48.8 Å². The molecule has 1 aromatic carbocycles. The van der Waals surface area contributed by atoms with Crippen molar-refractivity contribution < 1.29 is 22.7 Å². The van der Waals surface area contributed by atoms with E-state index in [1.807, 2.05) is 31.2 Å². The van der Waals surface area contributed by atoms with E-state index in [1.54, 1.807) is 0 Å². The molecule has 0 radical (unpaired) electrons. The molecule has 0 N–H and O–H groups in total. The fourth-order valence-corrected chi connectivity index (χ4v) is 2.71. The molecule has 136 valence electrons. The molecule has 2 aromatic heterocycles. The van der Waals surface area contributed by atoms with Gasteiger partial charge in [-0.2, -0.15) is 13.2 Å². The molecule has 0 saturated carbocycles. The summed E-state index contributed by atoms with van der Waals surface area (Å²) < 4.78 is 44.7. The lowest BCUT2D eigenvalue weighted by Gasteiger charge is -2.22. The summed E-state index contributed by atoms with van der Waals surface area (Å²) in [6.45, 7) is 2.15. The van der Waals surface area contributed by atoms with Crippen LogP contribution in [-0.4, -0.2) is 22.6 Å². The van der Waals surface area contributed by atoms with Gasteiger partial charge in [0.15, 0.2) is 0 Å². The van der Waals surface area contributed by atoms with Gasteiger partial charge in [0, 0.05) is 12.3 Å². The lowest BCUT2D eigenvalue weighted by Crippen LogP contribution is -2.30. The second-order valence-corrected chi connectivity index (χ2v) is 5.80. The van der Waals surface area contributed by atoms with E-state index in [1.165, 1.54) is 30.3 Å². The summed E-state index contributed by atoms with van der Waals surface area (Å²) in [7, 11) is 1.25. The number of fused-ring (bicyclic) bond motifs is 1. The van der Waals surface area contributed by atoms with Gasteiger partial charge in [0.05, 0.1) is 25.5 Å². The standard InChI is InChI=1S/C18H16F3N3O2/c1-12-4-3-5-13(8-12)11-24(17(25)26-2)14-6-7-23-15(18(19,20)21)10-22-16(23)9-14/h3-10H,11H2,1-2H3. The van der Waals surface area contributed by atoms with Gasteiger partial charge in [-0.25, -0.2) is 9.78 Å². The summed E-state index contributed by atoms with van der Waals surface area (Å²) in [5.41, 5.74) is 1.51. The number of nitrogens with zero attached hydrogens (tertiary/aromatic N) is 3. The van der Waals surface area contributed by atoms with Crippen LogP contribution in [0.25, 0.3) is 5.65 Å². The number of amides is 1. The number of aryl methyl sites for hydroxylation is 1. The van der Waals surface area contributed by atoms with Gasteiger partial charge >= 0.3 is 12.3 Å². The topological polar surface area (TPSA) is 46.8 Å². The van der Waals surface area contributed by atoms with Gasteiger partial charge in [0.25, 0.3) is 0 Å². The molecule has 0 saturated heterocycles. The molecule has 0 bridgehead atoms. The van der Waals surface area contributed by atoms with Crippen LogP contribution in [0.5, 0.6) is 0 Å². The minimum atomic E-state index is -4.51. The second-order valence-electron chi connectivity index (χ2n) is 5.80. The van der Waals surface area contributed by atoms with E-state index in [2.05, 4.69) is 4.98 Å². The summed E-state index contributed by atoms with van der Waals surface area (Å²) in [5.74, 6) is 0. The van der Waals surface area contributed by atoms with Crippen LogP contribution in [-0.2, 0) is 17.5 Å². The highest BCUT2D eigenvalue weighted by Crippen LogP contribution is 2.31. The van der Waals surface area contributed by atoms with Crippen molar-refractivity contribution in [3.8, 4) is 0 Å². The molecule has 5 nitrogen and oxygen atoms in total. The molecule has 0 unspecified atom stereocenters. The Labute approximate surface area is 147 Å². The second kappa shape index (κ2) is 6.70. The molecule has 2 heterocycles. The SMILES string of the molecule is COC(=O)N(Cc1cccc(C)c1)c1ccn2c(C(F)(F)F)cnc2c1. The third-order valence-corrected chi connectivity index (χ3v) is 3.92. The smallest absolute Gasteiger partial charge is 0.433 e. The summed E-state index contributed by atoms with van der Waals surface area (Å²) in [6.07, 6.45) is -3.11. The number of hydrogen-bond acceptors (Lipinski definition) is 3. The number of pyridine rings is 1. The molecule has 3 aromatic rings. The van der Waals surface area contributed by atoms with Gasteiger partial charge in [-0.1, -0.05) is 29.8 Å². The predicted octanol–water partition coefficient (Wildman–Crippen LogP) is 4.43. The van der Waals surface area contributed by atoms with Gasteiger partial charge in [-0.15, -0.1) is 0 Å². The first-order valence-electron chi connectivity index (χ1n) is 7.75. The number of anilines is 1. The summed E-state index contributed by atoms with van der Waals surface area (Å²) in [5, 5.41) is 0. The number of aromatic nitrogens is 2. The van der Waals surface area contributed by atoms with E-state index in [9.17, 15) is 18.0 Å². The summed E-state index contributed by atoms with van der Waals surface area (Å²) >= 11 is 0. The maximum Gasteiger partial charge on any atom is 0.433 e. The molecule has 0 aliphatic carbocycles. The number of halogens is 3. The first-order valence-corrected chi connectivity index (χ1v) is 7.75. The molecular formula is C18H16F3N3O2. The quantitative estimate of drug-likeness (QED) is 0.691. The fraction of sp³-hybridized carbons (Fsp3) is 0.222. The van der Waals surface area contributed by atoms with Crippen LogP contribution < -0.4 is 4.90 Å². The Balaban J connectivity index is 2.00. The molecular weight excluding hydrogens is 347 g/mol. The number of ether oxygens (including phenoxy) is 1. The van der Waals surface area contributed by atoms with Crippen molar-refractivity contribution >= 4 is 17.4 Å². The van der Waals surface area contributed by atoms with E-state index in [-0.39, 0.29) is 12.2 Å². The molecule has 3 rings (SSSR count). The highest BCUT2D eigenvalue weighted by Gasteiger charge is 2.34. The van der Waals surface area contributed by atoms with E-state index in [0.717, 1.165) is 21.7 Å². The van der Waals surface area contributed by atoms with Crippen LogP contribution in [0.1, 0.15) is 16.8 Å². The Morgan fingerprint density at radius 1 is 1.27 bits per heavy atom. The highest BCUT2D eigenvalue weighted by atomic mass is 19.4. The average Bonchev–Trinajstić information content (AvgIpc) is 3.02. The third kappa shape index (κ3) is 3.49. The number of carbonyl (C=O) groups excluding carboxylic acids is 1. The lowest BCUT2D eigenvalue weighted by atomic mass is 10.1. The average molecular weight is 363 g/mol. The first-order chi connectivity index (χ1) is 12.3. The first kappa shape index (κ1) is 17.8. The molecule has 0 atom stereocenters. The largest absolute Gasteiger partial charge is 0.452 e. The Hall–Kier alpha value is -3.03. The van der Waals surface area contributed by atoms with E-state index >= 15 is 0 Å². The van der Waals surface area contributed by atoms with Crippen molar-refractivity contribution in [3.63, 3.8) is 0 Å². The Kier molecular flexibility index (Phi) is 4.58. The minimum absolute atomic E-state index is 0.0907. The zero-order chi connectivity index (χ0) is 18.9. The molecule has 26 heavy (non-hydrogen) atoms. The zero-order valence-corrected chi connectivity index (χ0v) is 14.1. The third-order valence-electron chi connectivity index (χ3n) is 3.92. The molecule has 1 amide bonds. The maximum atomic E-state index is 13.0. The molecule has 0 spiro atoms. The van der Waals surface area contributed by atoms with Crippen LogP contribution in [0.2, 0.25) is 0 Å². The Morgan fingerprint density at radius 2 is 2.04 bits per heavy atom. The highest BCUT2D eigenvalue weighted by molar-refractivity contribution is 5.88. The van der Waals surface area contributed by atoms with Crippen molar-refractivity contribution in [2.75, 3.05) is 12.0 Å².